The summed E-state index contributed by atoms with van der Waals surface area (Å²) in [7, 11) is 0. The molecule has 1 atom stereocenters. The van der Waals surface area contributed by atoms with E-state index in [-0.39, 0.29) is 5.70 Å². The minimum absolute atomic E-state index is 0.0509. The Kier molecular flexibility index (Phi) is 3.84. The maximum atomic E-state index is 9.56. The Balaban J connectivity index is 4.90. The first-order valence-electron chi connectivity index (χ1n) is 3.46. The summed E-state index contributed by atoms with van der Waals surface area (Å²) in [5, 5.41) is 21.1. The summed E-state index contributed by atoms with van der Waals surface area (Å²) in [4.78, 5) is 2.51. The van der Waals surface area contributed by atoms with Crippen LogP contribution in [-0.2, 0) is 0 Å². The summed E-state index contributed by atoms with van der Waals surface area (Å²) in [6, 6.07) is 1.71. The molecule has 0 aliphatic heterocycles. The minimum Gasteiger partial charge on any atom is -0.386 e. The number of azide groups is 1. The highest BCUT2D eigenvalue weighted by atomic mass is 16.3. The molecule has 0 aromatic rings. The maximum Gasteiger partial charge on any atom is 0.0914 e. The Morgan fingerprint density at radius 1 is 1.92 bits per heavy atom. The van der Waals surface area contributed by atoms with Gasteiger partial charge >= 0.3 is 0 Å². The maximum absolute atomic E-state index is 9.56. The van der Waals surface area contributed by atoms with Gasteiger partial charge in [-0.1, -0.05) is 12.0 Å². The van der Waals surface area contributed by atoms with E-state index in [1.54, 1.807) is 13.0 Å². The first kappa shape index (κ1) is 10.5. The normalized spacial score (nSPS) is 15.7. The van der Waals surface area contributed by atoms with Crippen molar-refractivity contribution in [3.63, 3.8) is 0 Å². The number of rotatable bonds is 3. The number of aliphatic hydroxyl groups is 1. The number of hydrogen-bond donors (Lipinski definition) is 1. The molecule has 5 heteroatoms. The summed E-state index contributed by atoms with van der Waals surface area (Å²) >= 11 is 0. The summed E-state index contributed by atoms with van der Waals surface area (Å²) in [5.41, 5.74) is 6.95. The number of allylic oxidation sites excluding steroid dienone is 1. The van der Waals surface area contributed by atoms with Crippen LogP contribution in [0.5, 0.6) is 0 Å². The predicted molar refractivity (Wildman–Crippen MR) is 43.8 cm³/mol. The Morgan fingerprint density at radius 2 is 2.50 bits per heavy atom. The van der Waals surface area contributed by atoms with Crippen LogP contribution in [0.4, 0.5) is 0 Å². The van der Waals surface area contributed by atoms with E-state index in [4.69, 9.17) is 10.8 Å². The van der Waals surface area contributed by atoms with E-state index < -0.39 is 5.60 Å². The SMILES string of the molecule is CCC(C)(O)/C(=C/C#N)N=[N+]=[N-]. The van der Waals surface area contributed by atoms with Crippen molar-refractivity contribution in [2.24, 2.45) is 5.11 Å². The van der Waals surface area contributed by atoms with Gasteiger partial charge in [0.2, 0.25) is 0 Å². The van der Waals surface area contributed by atoms with E-state index in [0.717, 1.165) is 6.08 Å². The summed E-state index contributed by atoms with van der Waals surface area (Å²) in [5.74, 6) is 0. The van der Waals surface area contributed by atoms with Gasteiger partial charge in [-0.25, -0.2) is 0 Å². The van der Waals surface area contributed by atoms with Crippen molar-refractivity contribution in [1.82, 2.24) is 0 Å². The molecule has 0 aromatic carbocycles. The third kappa shape index (κ3) is 2.62. The average Bonchev–Trinajstić information content (AvgIpc) is 2.04. The standard InChI is InChI=1S/C7H10N4O/c1-3-7(2,12)6(4-5-8)10-11-9/h4,12H,3H2,1-2H3/b6-4-. The van der Waals surface area contributed by atoms with E-state index in [0.29, 0.717) is 6.42 Å². The van der Waals surface area contributed by atoms with Gasteiger partial charge in [0, 0.05) is 11.0 Å². The van der Waals surface area contributed by atoms with Gasteiger partial charge in [0.1, 0.15) is 0 Å². The molecule has 1 unspecified atom stereocenters. The minimum atomic E-state index is -1.22. The third-order valence-corrected chi connectivity index (χ3v) is 1.59. The lowest BCUT2D eigenvalue weighted by molar-refractivity contribution is 0.0930. The lowest BCUT2D eigenvalue weighted by atomic mass is 9.99. The van der Waals surface area contributed by atoms with Crippen LogP contribution in [0.3, 0.4) is 0 Å². The van der Waals surface area contributed by atoms with Crippen LogP contribution in [0.15, 0.2) is 16.9 Å². The first-order valence-corrected chi connectivity index (χ1v) is 3.46. The van der Waals surface area contributed by atoms with Crippen LogP contribution in [-0.4, -0.2) is 10.7 Å². The second kappa shape index (κ2) is 4.39. The third-order valence-electron chi connectivity index (χ3n) is 1.59. The predicted octanol–water partition coefficient (Wildman–Crippen LogP) is 1.87. The van der Waals surface area contributed by atoms with E-state index in [9.17, 15) is 5.11 Å². The highest BCUT2D eigenvalue weighted by Gasteiger charge is 2.22. The fraction of sp³-hybridized carbons (Fsp3) is 0.571. The van der Waals surface area contributed by atoms with Gasteiger partial charge in [0.15, 0.2) is 0 Å². The summed E-state index contributed by atoms with van der Waals surface area (Å²) < 4.78 is 0. The van der Waals surface area contributed by atoms with Crippen molar-refractivity contribution >= 4 is 0 Å². The van der Waals surface area contributed by atoms with E-state index in [1.165, 1.54) is 6.92 Å². The molecule has 0 spiro atoms. The zero-order valence-electron chi connectivity index (χ0n) is 7.02. The molecule has 0 fully saturated rings. The molecule has 5 nitrogen and oxygen atoms in total. The van der Waals surface area contributed by atoms with Crippen molar-refractivity contribution in [3.05, 3.63) is 22.2 Å². The molecule has 0 saturated carbocycles. The van der Waals surface area contributed by atoms with E-state index >= 15 is 0 Å². The van der Waals surface area contributed by atoms with Crippen LogP contribution in [0, 0.1) is 11.3 Å². The van der Waals surface area contributed by atoms with Crippen LogP contribution < -0.4 is 0 Å². The van der Waals surface area contributed by atoms with Gasteiger partial charge in [-0.15, -0.1) is 0 Å². The molecule has 0 aromatic heterocycles. The molecule has 64 valence electrons. The molecule has 0 heterocycles. The molecule has 0 saturated heterocycles. The number of nitriles is 1. The lowest BCUT2D eigenvalue weighted by Gasteiger charge is -2.20. The highest BCUT2D eigenvalue weighted by Crippen LogP contribution is 2.20. The number of nitrogens with zero attached hydrogens (tertiary/aromatic N) is 4. The summed E-state index contributed by atoms with van der Waals surface area (Å²) in [6.45, 7) is 3.23. The lowest BCUT2D eigenvalue weighted by Crippen LogP contribution is -2.24. The second-order valence-corrected chi connectivity index (χ2v) is 2.48. The molecule has 1 N–H and O–H groups in total. The molecule has 0 rings (SSSR count). The largest absolute Gasteiger partial charge is 0.386 e. The fourth-order valence-electron chi connectivity index (χ4n) is 0.583. The van der Waals surface area contributed by atoms with Gasteiger partial charge < -0.3 is 5.11 Å². The van der Waals surface area contributed by atoms with Gasteiger partial charge in [-0.2, -0.15) is 5.26 Å². The van der Waals surface area contributed by atoms with Crippen LogP contribution >= 0.6 is 0 Å². The molecule has 0 radical (unpaired) electrons. The van der Waals surface area contributed by atoms with Crippen molar-refractivity contribution in [2.75, 3.05) is 0 Å². The van der Waals surface area contributed by atoms with Gasteiger partial charge in [0.05, 0.1) is 17.4 Å². The quantitative estimate of drug-likeness (QED) is 0.300. The second-order valence-electron chi connectivity index (χ2n) is 2.48. The van der Waals surface area contributed by atoms with E-state index in [2.05, 4.69) is 10.0 Å². The Labute approximate surface area is 70.6 Å². The van der Waals surface area contributed by atoms with Crippen molar-refractivity contribution in [1.29, 1.82) is 5.26 Å². The van der Waals surface area contributed by atoms with Crippen LogP contribution in [0.1, 0.15) is 20.3 Å². The molecule has 0 amide bonds. The Bertz CT molecular complexity index is 268. The topological polar surface area (TPSA) is 92.8 Å². The zero-order valence-corrected chi connectivity index (χ0v) is 7.02. The molecule has 0 aliphatic carbocycles. The Hall–Kier alpha value is -1.50. The zero-order chi connectivity index (χ0) is 9.61. The molecular formula is C7H10N4O. The average molecular weight is 166 g/mol. The molecule has 0 aliphatic rings. The van der Waals surface area contributed by atoms with Crippen molar-refractivity contribution in [3.8, 4) is 6.07 Å². The van der Waals surface area contributed by atoms with Crippen molar-refractivity contribution < 1.29 is 5.11 Å². The summed E-state index contributed by atoms with van der Waals surface area (Å²) in [6.07, 6.45) is 1.43. The molecule has 0 bridgehead atoms. The van der Waals surface area contributed by atoms with Gasteiger partial charge in [-0.05, 0) is 18.9 Å². The fourth-order valence-corrected chi connectivity index (χ4v) is 0.583. The van der Waals surface area contributed by atoms with E-state index in [1.807, 2.05) is 0 Å². The molecular weight excluding hydrogens is 156 g/mol. The first-order chi connectivity index (χ1) is 5.58. The monoisotopic (exact) mass is 166 g/mol. The number of hydrogen-bond acceptors (Lipinski definition) is 3. The highest BCUT2D eigenvalue weighted by molar-refractivity contribution is 5.20. The van der Waals surface area contributed by atoms with Crippen LogP contribution in [0.2, 0.25) is 0 Å². The van der Waals surface area contributed by atoms with Crippen LogP contribution in [0.25, 0.3) is 10.4 Å². The molecule has 12 heavy (non-hydrogen) atoms. The van der Waals surface area contributed by atoms with Gasteiger partial charge in [-0.3, -0.25) is 0 Å². The smallest absolute Gasteiger partial charge is 0.0914 e. The Morgan fingerprint density at radius 3 is 2.83 bits per heavy atom. The van der Waals surface area contributed by atoms with Gasteiger partial charge in [0.25, 0.3) is 0 Å². The van der Waals surface area contributed by atoms with Crippen molar-refractivity contribution in [2.45, 2.75) is 25.9 Å².